The van der Waals surface area contributed by atoms with E-state index in [0.29, 0.717) is 18.2 Å². The molecule has 2 heterocycles. The molecule has 1 aromatic carbocycles. The predicted molar refractivity (Wildman–Crippen MR) is 89.6 cm³/mol. The van der Waals surface area contributed by atoms with Crippen molar-refractivity contribution in [3.8, 4) is 0 Å². The molecule has 1 N–H and O–H groups in total. The Morgan fingerprint density at radius 2 is 2.17 bits per heavy atom. The zero-order valence-corrected chi connectivity index (χ0v) is 13.2. The van der Waals surface area contributed by atoms with E-state index in [4.69, 9.17) is 0 Å². The first kappa shape index (κ1) is 15.6. The Morgan fingerprint density at radius 1 is 1.39 bits per heavy atom. The van der Waals surface area contributed by atoms with Gasteiger partial charge in [-0.25, -0.2) is 4.98 Å². The number of aliphatic hydroxyl groups excluding tert-OH is 1. The van der Waals surface area contributed by atoms with Gasteiger partial charge in [0.05, 0.1) is 35.6 Å². The second kappa shape index (κ2) is 6.87. The summed E-state index contributed by atoms with van der Waals surface area (Å²) >= 11 is 0. The van der Waals surface area contributed by atoms with Crippen LogP contribution in [0.5, 0.6) is 0 Å². The lowest BCUT2D eigenvalue weighted by Crippen LogP contribution is -2.49. The molecule has 1 saturated heterocycles. The minimum atomic E-state index is -0.0939. The maximum absolute atomic E-state index is 12.4. The van der Waals surface area contributed by atoms with Gasteiger partial charge in [0.25, 0.3) is 0 Å². The molecule has 23 heavy (non-hydrogen) atoms. The quantitative estimate of drug-likeness (QED) is 0.883. The molecule has 2 aromatic rings. The van der Waals surface area contributed by atoms with Crippen molar-refractivity contribution in [2.75, 3.05) is 13.2 Å². The molecule has 0 radical (unpaired) electrons. The van der Waals surface area contributed by atoms with Crippen molar-refractivity contribution < 1.29 is 9.90 Å². The Morgan fingerprint density at radius 3 is 2.96 bits per heavy atom. The molecule has 5 heteroatoms. The van der Waals surface area contributed by atoms with Gasteiger partial charge in [-0.15, -0.1) is 0 Å². The summed E-state index contributed by atoms with van der Waals surface area (Å²) < 4.78 is 0. The number of aromatic nitrogens is 2. The minimum Gasteiger partial charge on any atom is -0.394 e. The van der Waals surface area contributed by atoms with Crippen LogP contribution >= 0.6 is 0 Å². The second-order valence-electron chi connectivity index (χ2n) is 6.02. The molecule has 0 saturated carbocycles. The number of benzene rings is 1. The predicted octanol–water partition coefficient (Wildman–Crippen LogP) is 2.26. The van der Waals surface area contributed by atoms with Gasteiger partial charge in [0, 0.05) is 12.6 Å². The summed E-state index contributed by atoms with van der Waals surface area (Å²) in [6.45, 7) is 2.79. The van der Waals surface area contributed by atoms with Crippen molar-refractivity contribution in [1.29, 1.82) is 0 Å². The summed E-state index contributed by atoms with van der Waals surface area (Å²) in [5.41, 5.74) is 2.30. The number of hydrogen-bond donors (Lipinski definition) is 1. The van der Waals surface area contributed by atoms with E-state index in [9.17, 15) is 9.90 Å². The lowest BCUT2D eigenvalue weighted by Gasteiger charge is -2.38. The molecule has 2 unspecified atom stereocenters. The summed E-state index contributed by atoms with van der Waals surface area (Å²) in [4.78, 5) is 23.0. The third kappa shape index (κ3) is 3.40. The number of carbonyl (C=O) groups is 1. The number of rotatable bonds is 3. The molecular weight excluding hydrogens is 290 g/mol. The van der Waals surface area contributed by atoms with Crippen molar-refractivity contribution in [3.63, 3.8) is 0 Å². The van der Waals surface area contributed by atoms with Crippen LogP contribution < -0.4 is 0 Å². The standard InChI is InChI=1S/C18H21N3O2/c1-13-5-4-10-21(17(13)12-22)18(23)9-8-14-11-19-15-6-2-3-7-16(15)20-14/h2-3,6-9,11,13,17,22H,4-5,10,12H2,1H3/b9-8+. The van der Waals surface area contributed by atoms with Crippen molar-refractivity contribution >= 4 is 23.0 Å². The number of hydrogen-bond acceptors (Lipinski definition) is 4. The van der Waals surface area contributed by atoms with Crippen LogP contribution in [0.2, 0.25) is 0 Å². The fraction of sp³-hybridized carbons (Fsp3) is 0.389. The molecule has 3 rings (SSSR count). The Balaban J connectivity index is 1.76. The number of fused-ring (bicyclic) bond motifs is 1. The molecule has 1 fully saturated rings. The Labute approximate surface area is 135 Å². The van der Waals surface area contributed by atoms with E-state index >= 15 is 0 Å². The summed E-state index contributed by atoms with van der Waals surface area (Å²) in [6.07, 6.45) is 6.91. The Bertz CT molecular complexity index is 729. The minimum absolute atomic E-state index is 0.0104. The van der Waals surface area contributed by atoms with E-state index in [1.165, 1.54) is 6.08 Å². The van der Waals surface area contributed by atoms with E-state index in [1.807, 2.05) is 24.3 Å². The molecule has 1 aliphatic heterocycles. The topological polar surface area (TPSA) is 66.3 Å². The molecule has 120 valence electrons. The molecular formula is C18H21N3O2. The lowest BCUT2D eigenvalue weighted by atomic mass is 9.91. The lowest BCUT2D eigenvalue weighted by molar-refractivity contribution is -0.132. The highest BCUT2D eigenvalue weighted by Crippen LogP contribution is 2.23. The highest BCUT2D eigenvalue weighted by Gasteiger charge is 2.30. The fourth-order valence-electron chi connectivity index (χ4n) is 3.11. The summed E-state index contributed by atoms with van der Waals surface area (Å²) in [5, 5.41) is 9.54. The Hall–Kier alpha value is -2.27. The average Bonchev–Trinajstić information content (AvgIpc) is 2.59. The summed E-state index contributed by atoms with van der Waals surface area (Å²) in [5.74, 6) is 0.247. The highest BCUT2D eigenvalue weighted by molar-refractivity contribution is 5.92. The van der Waals surface area contributed by atoms with Crippen LogP contribution in [0.4, 0.5) is 0 Å². The maximum Gasteiger partial charge on any atom is 0.246 e. The first-order chi connectivity index (χ1) is 11.2. The number of nitrogens with zero attached hydrogens (tertiary/aromatic N) is 3. The van der Waals surface area contributed by atoms with Crippen LogP contribution in [-0.4, -0.2) is 45.1 Å². The van der Waals surface area contributed by atoms with Crippen LogP contribution in [0.1, 0.15) is 25.5 Å². The van der Waals surface area contributed by atoms with E-state index in [2.05, 4.69) is 16.9 Å². The number of piperidine rings is 1. The monoisotopic (exact) mass is 311 g/mol. The van der Waals surface area contributed by atoms with E-state index in [1.54, 1.807) is 17.2 Å². The third-order valence-electron chi connectivity index (χ3n) is 4.45. The molecule has 1 aromatic heterocycles. The molecule has 2 atom stereocenters. The van der Waals surface area contributed by atoms with Crippen LogP contribution in [0.3, 0.4) is 0 Å². The Kier molecular flexibility index (Phi) is 4.67. The normalized spacial score (nSPS) is 21.9. The number of likely N-dealkylation sites (tertiary alicyclic amines) is 1. The van der Waals surface area contributed by atoms with Gasteiger partial charge in [-0.05, 0) is 37.0 Å². The first-order valence-corrected chi connectivity index (χ1v) is 8.00. The first-order valence-electron chi connectivity index (χ1n) is 8.00. The van der Waals surface area contributed by atoms with Crippen LogP contribution in [0, 0.1) is 5.92 Å². The largest absolute Gasteiger partial charge is 0.394 e. The van der Waals surface area contributed by atoms with Crippen LogP contribution in [0.15, 0.2) is 36.5 Å². The van der Waals surface area contributed by atoms with Gasteiger partial charge in [-0.1, -0.05) is 19.1 Å². The van der Waals surface area contributed by atoms with Gasteiger partial charge in [0.2, 0.25) is 5.91 Å². The van der Waals surface area contributed by atoms with Crippen LogP contribution in [-0.2, 0) is 4.79 Å². The number of amides is 1. The van der Waals surface area contributed by atoms with Crippen molar-refractivity contribution in [2.24, 2.45) is 5.92 Å². The van der Waals surface area contributed by atoms with Crippen molar-refractivity contribution in [3.05, 3.63) is 42.2 Å². The number of para-hydroxylation sites is 2. The highest BCUT2D eigenvalue weighted by atomic mass is 16.3. The van der Waals surface area contributed by atoms with E-state index in [-0.39, 0.29) is 18.6 Å². The van der Waals surface area contributed by atoms with E-state index < -0.39 is 0 Å². The SMILES string of the molecule is CC1CCCN(C(=O)/C=C/c2cnc3ccccc3n2)C1CO. The van der Waals surface area contributed by atoms with Crippen LogP contribution in [0.25, 0.3) is 17.1 Å². The fourth-order valence-corrected chi connectivity index (χ4v) is 3.11. The smallest absolute Gasteiger partial charge is 0.246 e. The maximum atomic E-state index is 12.4. The van der Waals surface area contributed by atoms with Gasteiger partial charge >= 0.3 is 0 Å². The van der Waals surface area contributed by atoms with Crippen molar-refractivity contribution in [2.45, 2.75) is 25.8 Å². The third-order valence-corrected chi connectivity index (χ3v) is 4.45. The van der Waals surface area contributed by atoms with Gasteiger partial charge in [-0.3, -0.25) is 9.78 Å². The van der Waals surface area contributed by atoms with Gasteiger partial charge < -0.3 is 10.0 Å². The van der Waals surface area contributed by atoms with Gasteiger partial charge in [0.15, 0.2) is 0 Å². The second-order valence-corrected chi connectivity index (χ2v) is 6.02. The molecule has 5 nitrogen and oxygen atoms in total. The van der Waals surface area contributed by atoms with Crippen molar-refractivity contribution in [1.82, 2.24) is 14.9 Å². The molecule has 1 amide bonds. The molecule has 0 spiro atoms. The number of carbonyl (C=O) groups excluding carboxylic acids is 1. The summed E-state index contributed by atoms with van der Waals surface area (Å²) in [6, 6.07) is 7.54. The summed E-state index contributed by atoms with van der Waals surface area (Å²) in [7, 11) is 0. The molecule has 1 aliphatic rings. The zero-order valence-electron chi connectivity index (χ0n) is 13.2. The average molecular weight is 311 g/mol. The van der Waals surface area contributed by atoms with Gasteiger partial charge in [0.1, 0.15) is 0 Å². The molecule has 0 aliphatic carbocycles. The van der Waals surface area contributed by atoms with Gasteiger partial charge in [-0.2, -0.15) is 0 Å². The number of aliphatic hydroxyl groups is 1. The zero-order chi connectivity index (χ0) is 16.2. The molecule has 0 bridgehead atoms. The van der Waals surface area contributed by atoms with E-state index in [0.717, 1.165) is 23.9 Å².